The molecule has 0 spiro atoms. The molecule has 1 fully saturated rings. The summed E-state index contributed by atoms with van der Waals surface area (Å²) >= 11 is 0. The second-order valence-corrected chi connectivity index (χ2v) is 6.19. The van der Waals surface area contributed by atoms with Crippen molar-refractivity contribution in [3.05, 3.63) is 23.3 Å². The van der Waals surface area contributed by atoms with Gasteiger partial charge in [0.05, 0.1) is 18.9 Å². The van der Waals surface area contributed by atoms with Crippen LogP contribution in [0.1, 0.15) is 25.0 Å². The Labute approximate surface area is 124 Å². The molecule has 5 heteroatoms. The van der Waals surface area contributed by atoms with E-state index in [1.54, 1.807) is 21.0 Å². The van der Waals surface area contributed by atoms with Gasteiger partial charge in [0.15, 0.2) is 0 Å². The molecular formula is C16H21NO4. The second-order valence-electron chi connectivity index (χ2n) is 6.19. The predicted octanol–water partition coefficient (Wildman–Crippen LogP) is 2.61. The molecule has 21 heavy (non-hydrogen) atoms. The first-order valence-corrected chi connectivity index (χ1v) is 6.89. The number of hydrogen-bond donors (Lipinski definition) is 2. The lowest BCUT2D eigenvalue weighted by atomic mass is 10.1. The van der Waals surface area contributed by atoms with Crippen LogP contribution in [0.2, 0.25) is 0 Å². The van der Waals surface area contributed by atoms with Gasteiger partial charge < -0.3 is 15.2 Å². The number of anilines is 1. The van der Waals surface area contributed by atoms with E-state index in [2.05, 4.69) is 5.32 Å². The highest BCUT2D eigenvalue weighted by atomic mass is 16.5. The van der Waals surface area contributed by atoms with Gasteiger partial charge >= 0.3 is 5.97 Å². The molecule has 1 aliphatic carbocycles. The quantitative estimate of drug-likeness (QED) is 0.894. The van der Waals surface area contributed by atoms with Crippen molar-refractivity contribution in [2.24, 2.45) is 17.3 Å². The molecule has 0 heterocycles. The van der Waals surface area contributed by atoms with Crippen molar-refractivity contribution < 1.29 is 19.4 Å². The van der Waals surface area contributed by atoms with Gasteiger partial charge in [-0.1, -0.05) is 19.9 Å². The Morgan fingerprint density at radius 1 is 1.24 bits per heavy atom. The van der Waals surface area contributed by atoms with Crippen LogP contribution in [0, 0.1) is 31.1 Å². The van der Waals surface area contributed by atoms with E-state index >= 15 is 0 Å². The van der Waals surface area contributed by atoms with E-state index in [1.165, 1.54) is 0 Å². The van der Waals surface area contributed by atoms with Crippen LogP contribution in [-0.4, -0.2) is 24.1 Å². The number of carboxylic acids is 1. The molecule has 1 aromatic rings. The number of nitrogens with one attached hydrogen (secondary N) is 1. The van der Waals surface area contributed by atoms with Crippen molar-refractivity contribution in [3.8, 4) is 5.75 Å². The Morgan fingerprint density at radius 2 is 1.86 bits per heavy atom. The fourth-order valence-electron chi connectivity index (χ4n) is 3.08. The third-order valence-corrected chi connectivity index (χ3v) is 4.44. The van der Waals surface area contributed by atoms with Gasteiger partial charge in [0.2, 0.25) is 5.91 Å². The Morgan fingerprint density at radius 3 is 2.33 bits per heavy atom. The fraction of sp³-hybridized carbons (Fsp3) is 0.500. The zero-order valence-electron chi connectivity index (χ0n) is 13.0. The summed E-state index contributed by atoms with van der Waals surface area (Å²) in [5.41, 5.74) is 1.99. The van der Waals surface area contributed by atoms with E-state index in [1.807, 2.05) is 26.0 Å². The maximum Gasteiger partial charge on any atom is 0.307 e. The molecule has 0 saturated heterocycles. The molecule has 0 bridgehead atoms. The standard InChI is InChI=1S/C16H21NO4/c1-8-6-7-10(9(2)13(8)21-5)17-14(18)11-12(15(19)20)16(11,3)4/h6-7,11-12H,1-5H3,(H,17,18)(H,19,20)/t11-,12+/m1/s1. The van der Waals surface area contributed by atoms with Crippen LogP contribution >= 0.6 is 0 Å². The van der Waals surface area contributed by atoms with Crippen molar-refractivity contribution in [1.82, 2.24) is 0 Å². The van der Waals surface area contributed by atoms with Gasteiger partial charge in [-0.2, -0.15) is 0 Å². The van der Waals surface area contributed by atoms with Crippen LogP contribution in [0.5, 0.6) is 5.75 Å². The molecule has 2 atom stereocenters. The average molecular weight is 291 g/mol. The first kappa shape index (κ1) is 15.4. The summed E-state index contributed by atoms with van der Waals surface area (Å²) in [4.78, 5) is 23.5. The lowest BCUT2D eigenvalue weighted by molar-refractivity contribution is -0.140. The van der Waals surface area contributed by atoms with Gasteiger partial charge in [-0.25, -0.2) is 0 Å². The number of carbonyl (C=O) groups is 2. The topological polar surface area (TPSA) is 75.6 Å². The summed E-state index contributed by atoms with van der Waals surface area (Å²) in [6.07, 6.45) is 0. The Balaban J connectivity index is 2.21. The van der Waals surface area contributed by atoms with E-state index in [0.29, 0.717) is 5.69 Å². The molecular weight excluding hydrogens is 270 g/mol. The Bertz CT molecular complexity index is 607. The number of carboxylic acid groups (broad SMARTS) is 1. The van der Waals surface area contributed by atoms with Gasteiger partial charge in [0.1, 0.15) is 5.75 Å². The van der Waals surface area contributed by atoms with Gasteiger partial charge in [-0.3, -0.25) is 9.59 Å². The lowest BCUT2D eigenvalue weighted by Crippen LogP contribution is -2.18. The molecule has 1 amide bonds. The van der Waals surface area contributed by atoms with E-state index in [9.17, 15) is 9.59 Å². The number of aliphatic carboxylic acids is 1. The normalized spacial score (nSPS) is 22.5. The Hall–Kier alpha value is -2.04. The minimum atomic E-state index is -0.918. The van der Waals surface area contributed by atoms with E-state index in [4.69, 9.17) is 9.84 Å². The van der Waals surface area contributed by atoms with Crippen molar-refractivity contribution in [3.63, 3.8) is 0 Å². The first-order valence-electron chi connectivity index (χ1n) is 6.89. The monoisotopic (exact) mass is 291 g/mol. The zero-order valence-corrected chi connectivity index (χ0v) is 13.0. The van der Waals surface area contributed by atoms with Crippen molar-refractivity contribution in [2.45, 2.75) is 27.7 Å². The van der Waals surface area contributed by atoms with E-state index < -0.39 is 23.2 Å². The summed E-state index contributed by atoms with van der Waals surface area (Å²) in [5.74, 6) is -1.55. The molecule has 0 aliphatic heterocycles. The number of hydrogen-bond acceptors (Lipinski definition) is 3. The highest BCUT2D eigenvalue weighted by Crippen LogP contribution is 2.58. The summed E-state index contributed by atoms with van der Waals surface area (Å²) in [6, 6.07) is 3.68. The molecule has 5 nitrogen and oxygen atoms in total. The number of aryl methyl sites for hydroxylation is 1. The fourth-order valence-corrected chi connectivity index (χ4v) is 3.08. The minimum absolute atomic E-state index is 0.249. The van der Waals surface area contributed by atoms with Gasteiger partial charge in [0.25, 0.3) is 0 Å². The highest BCUT2D eigenvalue weighted by molar-refractivity contribution is 6.00. The largest absolute Gasteiger partial charge is 0.496 e. The summed E-state index contributed by atoms with van der Waals surface area (Å²) in [5, 5.41) is 12.0. The summed E-state index contributed by atoms with van der Waals surface area (Å²) in [7, 11) is 1.59. The molecule has 1 aromatic carbocycles. The van der Waals surface area contributed by atoms with Crippen LogP contribution in [0.25, 0.3) is 0 Å². The molecule has 0 aromatic heterocycles. The zero-order chi connectivity index (χ0) is 15.9. The third-order valence-electron chi connectivity index (χ3n) is 4.44. The van der Waals surface area contributed by atoms with E-state index in [0.717, 1.165) is 16.9 Å². The molecule has 2 N–H and O–H groups in total. The number of amides is 1. The lowest BCUT2D eigenvalue weighted by Gasteiger charge is -2.14. The molecule has 2 rings (SSSR count). The van der Waals surface area contributed by atoms with Crippen molar-refractivity contribution in [1.29, 1.82) is 0 Å². The smallest absolute Gasteiger partial charge is 0.307 e. The number of carbonyl (C=O) groups excluding carboxylic acids is 1. The third kappa shape index (κ3) is 2.48. The number of rotatable bonds is 4. The average Bonchev–Trinajstić information content (AvgIpc) is 2.97. The summed E-state index contributed by atoms with van der Waals surface area (Å²) in [6.45, 7) is 7.41. The SMILES string of the molecule is COc1c(C)ccc(NC(=O)[C@H]2[C@@H](C(=O)O)C2(C)C)c1C. The molecule has 1 aliphatic rings. The van der Waals surface area contributed by atoms with E-state index in [-0.39, 0.29) is 5.91 Å². The van der Waals surface area contributed by atoms with Crippen LogP contribution in [0.15, 0.2) is 12.1 Å². The van der Waals surface area contributed by atoms with Crippen molar-refractivity contribution >= 4 is 17.6 Å². The van der Waals surface area contributed by atoms with Gasteiger partial charge in [-0.15, -0.1) is 0 Å². The predicted molar refractivity (Wildman–Crippen MR) is 79.5 cm³/mol. The molecule has 0 radical (unpaired) electrons. The molecule has 1 saturated carbocycles. The minimum Gasteiger partial charge on any atom is -0.496 e. The maximum absolute atomic E-state index is 12.3. The Kier molecular flexibility index (Phi) is 3.70. The molecule has 0 unspecified atom stereocenters. The molecule has 114 valence electrons. The highest BCUT2D eigenvalue weighted by Gasteiger charge is 2.65. The van der Waals surface area contributed by atoms with Crippen LogP contribution in [0.4, 0.5) is 5.69 Å². The number of methoxy groups -OCH3 is 1. The van der Waals surface area contributed by atoms with Crippen LogP contribution < -0.4 is 10.1 Å². The number of benzene rings is 1. The van der Waals surface area contributed by atoms with Crippen LogP contribution in [-0.2, 0) is 9.59 Å². The van der Waals surface area contributed by atoms with Crippen LogP contribution in [0.3, 0.4) is 0 Å². The van der Waals surface area contributed by atoms with Crippen molar-refractivity contribution in [2.75, 3.05) is 12.4 Å². The summed E-state index contributed by atoms with van der Waals surface area (Å²) < 4.78 is 5.33. The van der Waals surface area contributed by atoms with Gasteiger partial charge in [0, 0.05) is 11.3 Å². The van der Waals surface area contributed by atoms with Gasteiger partial charge in [-0.05, 0) is 30.9 Å². The number of ether oxygens (including phenoxy) is 1. The second kappa shape index (κ2) is 5.06. The maximum atomic E-state index is 12.3. The first-order chi connectivity index (χ1) is 9.71.